The predicted octanol–water partition coefficient (Wildman–Crippen LogP) is 1.32. The minimum absolute atomic E-state index is 0.0263. The molecule has 2 saturated heterocycles. The number of fused-ring (bicyclic) bond motifs is 1. The van der Waals surface area contributed by atoms with Crippen LogP contribution in [-0.2, 0) is 4.79 Å². The van der Waals surface area contributed by atoms with E-state index in [9.17, 15) is 9.59 Å². The standard InChI is InChI=1S/C18H21N5O2/c1-12-10-15(23(21-12)16-4-2-3-8-19-16)18(25)22-9-7-14-13(11-22)5-6-17(24)20-14/h2-4,8,10,13-14H,5-7,9,11H2,1H3,(H,20,24). The normalized spacial score (nSPS) is 23.1. The Bertz CT molecular complexity index is 801. The van der Waals surface area contributed by atoms with Crippen molar-refractivity contribution in [2.24, 2.45) is 5.92 Å². The first-order chi connectivity index (χ1) is 12.1. The highest BCUT2D eigenvalue weighted by Gasteiger charge is 2.36. The van der Waals surface area contributed by atoms with E-state index in [1.165, 1.54) is 0 Å². The van der Waals surface area contributed by atoms with Gasteiger partial charge in [-0.3, -0.25) is 9.59 Å². The molecular formula is C18H21N5O2. The Morgan fingerprint density at radius 1 is 1.32 bits per heavy atom. The maximum Gasteiger partial charge on any atom is 0.272 e. The van der Waals surface area contributed by atoms with Crippen molar-refractivity contribution in [2.75, 3.05) is 13.1 Å². The molecule has 2 aromatic rings. The third-order valence-electron chi connectivity index (χ3n) is 5.03. The fourth-order valence-corrected chi connectivity index (χ4v) is 3.76. The van der Waals surface area contributed by atoms with E-state index >= 15 is 0 Å². The molecule has 7 nitrogen and oxygen atoms in total. The molecule has 2 atom stereocenters. The molecule has 0 bridgehead atoms. The average molecular weight is 339 g/mol. The zero-order valence-electron chi connectivity index (χ0n) is 14.2. The smallest absolute Gasteiger partial charge is 0.272 e. The summed E-state index contributed by atoms with van der Waals surface area (Å²) in [7, 11) is 0. The number of piperidine rings is 2. The number of likely N-dealkylation sites (tertiary alicyclic amines) is 1. The maximum absolute atomic E-state index is 13.1. The van der Waals surface area contributed by atoms with Crippen molar-refractivity contribution in [2.45, 2.75) is 32.2 Å². The molecule has 25 heavy (non-hydrogen) atoms. The number of nitrogens with zero attached hydrogens (tertiary/aromatic N) is 4. The van der Waals surface area contributed by atoms with Gasteiger partial charge in [-0.1, -0.05) is 6.07 Å². The Balaban J connectivity index is 1.57. The minimum Gasteiger partial charge on any atom is -0.353 e. The first-order valence-electron chi connectivity index (χ1n) is 8.68. The van der Waals surface area contributed by atoms with Gasteiger partial charge in [-0.25, -0.2) is 9.67 Å². The van der Waals surface area contributed by atoms with Crippen LogP contribution in [0.15, 0.2) is 30.5 Å². The second kappa shape index (κ2) is 6.31. The van der Waals surface area contributed by atoms with Gasteiger partial charge >= 0.3 is 0 Å². The predicted molar refractivity (Wildman–Crippen MR) is 91.3 cm³/mol. The number of aromatic nitrogens is 3. The average Bonchev–Trinajstić information content (AvgIpc) is 3.03. The second-order valence-corrected chi connectivity index (χ2v) is 6.78. The summed E-state index contributed by atoms with van der Waals surface area (Å²) in [6.45, 7) is 3.20. The molecule has 2 aliphatic heterocycles. The topological polar surface area (TPSA) is 80.1 Å². The third-order valence-corrected chi connectivity index (χ3v) is 5.03. The molecule has 2 aliphatic rings. The fraction of sp³-hybridized carbons (Fsp3) is 0.444. The molecule has 4 heterocycles. The van der Waals surface area contributed by atoms with Crippen LogP contribution in [0.3, 0.4) is 0 Å². The summed E-state index contributed by atoms with van der Waals surface area (Å²) in [6, 6.07) is 7.57. The van der Waals surface area contributed by atoms with E-state index in [1.807, 2.05) is 36.1 Å². The molecular weight excluding hydrogens is 318 g/mol. The van der Waals surface area contributed by atoms with Gasteiger partial charge in [-0.15, -0.1) is 0 Å². The van der Waals surface area contributed by atoms with Crippen LogP contribution in [0.5, 0.6) is 0 Å². The molecule has 4 rings (SSSR count). The van der Waals surface area contributed by atoms with Crippen molar-refractivity contribution in [1.82, 2.24) is 25.0 Å². The van der Waals surface area contributed by atoms with Gasteiger partial charge in [0.25, 0.3) is 5.91 Å². The molecule has 0 spiro atoms. The molecule has 1 N–H and O–H groups in total. The van der Waals surface area contributed by atoms with Crippen LogP contribution in [0, 0.1) is 12.8 Å². The highest BCUT2D eigenvalue weighted by atomic mass is 16.2. The van der Waals surface area contributed by atoms with E-state index in [0.29, 0.717) is 36.9 Å². The van der Waals surface area contributed by atoms with Gasteiger partial charge in [-0.2, -0.15) is 5.10 Å². The zero-order chi connectivity index (χ0) is 17.4. The molecule has 0 saturated carbocycles. The number of hydrogen-bond donors (Lipinski definition) is 1. The largest absolute Gasteiger partial charge is 0.353 e. The van der Waals surface area contributed by atoms with Crippen molar-refractivity contribution in [1.29, 1.82) is 0 Å². The van der Waals surface area contributed by atoms with Gasteiger partial charge < -0.3 is 10.2 Å². The number of nitrogens with one attached hydrogen (secondary N) is 1. The van der Waals surface area contributed by atoms with Crippen molar-refractivity contribution in [3.63, 3.8) is 0 Å². The lowest BCUT2D eigenvalue weighted by Crippen LogP contribution is -2.55. The summed E-state index contributed by atoms with van der Waals surface area (Å²) in [5, 5.41) is 7.49. The van der Waals surface area contributed by atoms with Crippen LogP contribution in [-0.4, -0.2) is 50.6 Å². The third kappa shape index (κ3) is 3.01. The summed E-state index contributed by atoms with van der Waals surface area (Å²) < 4.78 is 1.62. The number of carbonyl (C=O) groups is 2. The van der Waals surface area contributed by atoms with Crippen LogP contribution in [0.1, 0.15) is 35.4 Å². The van der Waals surface area contributed by atoms with Crippen LogP contribution in [0.4, 0.5) is 0 Å². The van der Waals surface area contributed by atoms with E-state index in [4.69, 9.17) is 0 Å². The number of rotatable bonds is 2. The molecule has 2 unspecified atom stereocenters. The summed E-state index contributed by atoms with van der Waals surface area (Å²) in [5.41, 5.74) is 1.32. The molecule has 2 aromatic heterocycles. The van der Waals surface area contributed by atoms with Crippen LogP contribution >= 0.6 is 0 Å². The quantitative estimate of drug-likeness (QED) is 0.895. The zero-order valence-corrected chi connectivity index (χ0v) is 14.2. The van der Waals surface area contributed by atoms with Crippen molar-refractivity contribution in [3.05, 3.63) is 41.9 Å². The molecule has 2 amide bonds. The second-order valence-electron chi connectivity index (χ2n) is 6.78. The van der Waals surface area contributed by atoms with Gasteiger partial charge in [0.05, 0.1) is 5.69 Å². The van der Waals surface area contributed by atoms with Gasteiger partial charge in [-0.05, 0) is 43.9 Å². The highest BCUT2D eigenvalue weighted by Crippen LogP contribution is 2.26. The molecule has 2 fully saturated rings. The summed E-state index contributed by atoms with van der Waals surface area (Å²) in [6.07, 6.45) is 3.89. The Kier molecular flexibility index (Phi) is 3.99. The summed E-state index contributed by atoms with van der Waals surface area (Å²) in [5.74, 6) is 1.08. The summed E-state index contributed by atoms with van der Waals surface area (Å²) >= 11 is 0. The number of amides is 2. The van der Waals surface area contributed by atoms with Crippen LogP contribution in [0.25, 0.3) is 5.82 Å². The van der Waals surface area contributed by atoms with Crippen molar-refractivity contribution in [3.8, 4) is 5.82 Å². The van der Waals surface area contributed by atoms with Gasteiger partial charge in [0.15, 0.2) is 5.82 Å². The lowest BCUT2D eigenvalue weighted by atomic mass is 9.85. The molecule has 0 aromatic carbocycles. The van der Waals surface area contributed by atoms with E-state index in [0.717, 1.165) is 18.5 Å². The van der Waals surface area contributed by atoms with Gasteiger partial charge in [0.1, 0.15) is 5.69 Å². The summed E-state index contributed by atoms with van der Waals surface area (Å²) in [4.78, 5) is 30.8. The minimum atomic E-state index is -0.0263. The van der Waals surface area contributed by atoms with Crippen molar-refractivity contribution < 1.29 is 9.59 Å². The van der Waals surface area contributed by atoms with Crippen molar-refractivity contribution >= 4 is 11.8 Å². The van der Waals surface area contributed by atoms with E-state index in [1.54, 1.807) is 10.9 Å². The Hall–Kier alpha value is -2.70. The lowest BCUT2D eigenvalue weighted by molar-refractivity contribution is -0.125. The first-order valence-corrected chi connectivity index (χ1v) is 8.68. The Morgan fingerprint density at radius 2 is 2.20 bits per heavy atom. The SMILES string of the molecule is Cc1cc(C(=O)N2CCC3NC(=O)CCC3C2)n(-c2ccccn2)n1. The van der Waals surface area contributed by atoms with Crippen LogP contribution < -0.4 is 5.32 Å². The lowest BCUT2D eigenvalue weighted by Gasteiger charge is -2.41. The maximum atomic E-state index is 13.1. The van der Waals surface area contributed by atoms with Gasteiger partial charge in [0.2, 0.25) is 5.91 Å². The number of hydrogen-bond acceptors (Lipinski definition) is 4. The van der Waals surface area contributed by atoms with E-state index < -0.39 is 0 Å². The van der Waals surface area contributed by atoms with Crippen LogP contribution in [0.2, 0.25) is 0 Å². The number of aryl methyl sites for hydroxylation is 1. The molecule has 7 heteroatoms. The Labute approximate surface area is 146 Å². The Morgan fingerprint density at radius 3 is 3.00 bits per heavy atom. The van der Waals surface area contributed by atoms with E-state index in [-0.39, 0.29) is 17.9 Å². The molecule has 0 radical (unpaired) electrons. The highest BCUT2D eigenvalue weighted by molar-refractivity contribution is 5.93. The number of carbonyl (C=O) groups excluding carboxylic acids is 2. The first kappa shape index (κ1) is 15.8. The number of pyridine rings is 1. The monoisotopic (exact) mass is 339 g/mol. The molecule has 130 valence electrons. The molecule has 0 aliphatic carbocycles. The fourth-order valence-electron chi connectivity index (χ4n) is 3.76. The van der Waals surface area contributed by atoms with Gasteiger partial charge in [0, 0.05) is 31.7 Å². The van der Waals surface area contributed by atoms with E-state index in [2.05, 4.69) is 15.4 Å².